The number of benzene rings is 1. The Bertz CT molecular complexity index is 719. The van der Waals surface area contributed by atoms with Crippen LogP contribution in [0.2, 0.25) is 5.02 Å². The second kappa shape index (κ2) is 8.50. The number of nitrogens with one attached hydrogen (secondary N) is 1. The van der Waals surface area contributed by atoms with Crippen LogP contribution in [0.15, 0.2) is 24.3 Å². The zero-order chi connectivity index (χ0) is 18.6. The Hall–Kier alpha value is -1.85. The van der Waals surface area contributed by atoms with E-state index in [9.17, 15) is 5.11 Å². The molecule has 0 radical (unpaired) electrons. The van der Waals surface area contributed by atoms with Gasteiger partial charge in [-0.15, -0.1) is 0 Å². The molecule has 0 aliphatic rings. The Labute approximate surface area is 154 Å². The van der Waals surface area contributed by atoms with Crippen molar-refractivity contribution in [3.05, 3.63) is 35.0 Å². The first-order valence-corrected chi connectivity index (χ1v) is 9.01. The fourth-order valence-corrected chi connectivity index (χ4v) is 2.76. The zero-order valence-electron chi connectivity index (χ0n) is 15.3. The second-order valence-electron chi connectivity index (χ2n) is 7.09. The average molecular weight is 363 g/mol. The predicted octanol–water partition coefficient (Wildman–Crippen LogP) is 4.41. The maximum Gasteiger partial charge on any atom is 0.165 e. The third kappa shape index (κ3) is 5.58. The minimum atomic E-state index is 0.0560. The van der Waals surface area contributed by atoms with Gasteiger partial charge in [0.05, 0.1) is 5.56 Å². The lowest BCUT2D eigenvalue weighted by atomic mass is 10.0. The van der Waals surface area contributed by atoms with Crippen molar-refractivity contribution < 1.29 is 5.11 Å². The SMILES string of the molecule is CC(C)C[C@@H](N)CNc1cc(C(C)C)nc(-c2cc(Cl)ccc2O)n1. The molecule has 136 valence electrons. The number of phenolic OH excluding ortho intramolecular Hbond substituents is 1. The molecule has 0 fully saturated rings. The summed E-state index contributed by atoms with van der Waals surface area (Å²) in [6.45, 7) is 9.08. The Kier molecular flexibility index (Phi) is 6.62. The van der Waals surface area contributed by atoms with Gasteiger partial charge in [0.2, 0.25) is 0 Å². The minimum absolute atomic E-state index is 0.0560. The van der Waals surface area contributed by atoms with Crippen LogP contribution >= 0.6 is 11.6 Å². The highest BCUT2D eigenvalue weighted by molar-refractivity contribution is 6.30. The number of rotatable bonds is 7. The highest BCUT2D eigenvalue weighted by atomic mass is 35.5. The summed E-state index contributed by atoms with van der Waals surface area (Å²) < 4.78 is 0. The van der Waals surface area contributed by atoms with Crippen molar-refractivity contribution in [3.8, 4) is 17.1 Å². The van der Waals surface area contributed by atoms with Gasteiger partial charge < -0.3 is 16.2 Å². The first-order valence-electron chi connectivity index (χ1n) is 8.63. The molecule has 0 saturated carbocycles. The summed E-state index contributed by atoms with van der Waals surface area (Å²) in [6.07, 6.45) is 0.942. The van der Waals surface area contributed by atoms with Gasteiger partial charge in [-0.3, -0.25) is 0 Å². The van der Waals surface area contributed by atoms with E-state index in [0.717, 1.165) is 12.1 Å². The molecule has 0 spiro atoms. The normalized spacial score (nSPS) is 12.6. The lowest BCUT2D eigenvalue weighted by molar-refractivity contribution is 0.477. The third-order valence-corrected chi connectivity index (χ3v) is 4.09. The number of hydrogen-bond donors (Lipinski definition) is 3. The molecule has 1 aromatic carbocycles. The predicted molar refractivity (Wildman–Crippen MR) is 104 cm³/mol. The lowest BCUT2D eigenvalue weighted by Gasteiger charge is -2.17. The molecule has 2 aromatic rings. The van der Waals surface area contributed by atoms with Gasteiger partial charge in [-0.25, -0.2) is 9.97 Å². The number of aromatic nitrogens is 2. The molecule has 5 nitrogen and oxygen atoms in total. The van der Waals surface area contributed by atoms with Crippen LogP contribution in [-0.2, 0) is 0 Å². The average Bonchev–Trinajstić information content (AvgIpc) is 2.54. The van der Waals surface area contributed by atoms with Gasteiger partial charge in [-0.05, 0) is 36.5 Å². The van der Waals surface area contributed by atoms with Crippen molar-refractivity contribution in [1.82, 2.24) is 9.97 Å². The van der Waals surface area contributed by atoms with Crippen molar-refractivity contribution in [2.75, 3.05) is 11.9 Å². The largest absolute Gasteiger partial charge is 0.507 e. The fraction of sp³-hybridized carbons (Fsp3) is 0.474. The van der Waals surface area contributed by atoms with Gasteiger partial charge in [-0.2, -0.15) is 0 Å². The Balaban J connectivity index is 2.32. The van der Waals surface area contributed by atoms with Crippen LogP contribution in [0.1, 0.15) is 45.7 Å². The Morgan fingerprint density at radius 3 is 2.52 bits per heavy atom. The van der Waals surface area contributed by atoms with Gasteiger partial charge in [-0.1, -0.05) is 39.3 Å². The molecule has 25 heavy (non-hydrogen) atoms. The molecular formula is C19H27ClN4O. The molecule has 0 saturated heterocycles. The Morgan fingerprint density at radius 2 is 1.88 bits per heavy atom. The summed E-state index contributed by atoms with van der Waals surface area (Å²) in [5.74, 6) is 2.03. The van der Waals surface area contributed by atoms with E-state index < -0.39 is 0 Å². The summed E-state index contributed by atoms with van der Waals surface area (Å²) in [4.78, 5) is 9.12. The van der Waals surface area contributed by atoms with Crippen molar-refractivity contribution in [1.29, 1.82) is 0 Å². The summed E-state index contributed by atoms with van der Waals surface area (Å²) in [5.41, 5.74) is 7.56. The smallest absolute Gasteiger partial charge is 0.165 e. The molecule has 0 bridgehead atoms. The van der Waals surface area contributed by atoms with E-state index in [2.05, 4.69) is 43.0 Å². The number of nitrogens with two attached hydrogens (primary N) is 1. The van der Waals surface area contributed by atoms with E-state index in [0.29, 0.717) is 34.7 Å². The van der Waals surface area contributed by atoms with Crippen LogP contribution in [0.3, 0.4) is 0 Å². The molecule has 1 aromatic heterocycles. The van der Waals surface area contributed by atoms with Gasteiger partial charge in [0.25, 0.3) is 0 Å². The van der Waals surface area contributed by atoms with Crippen molar-refractivity contribution in [3.63, 3.8) is 0 Å². The van der Waals surface area contributed by atoms with E-state index >= 15 is 0 Å². The molecule has 1 heterocycles. The zero-order valence-corrected chi connectivity index (χ0v) is 16.0. The number of phenols is 1. The summed E-state index contributed by atoms with van der Waals surface area (Å²) >= 11 is 6.06. The van der Waals surface area contributed by atoms with Crippen LogP contribution in [0.5, 0.6) is 5.75 Å². The van der Waals surface area contributed by atoms with Gasteiger partial charge in [0, 0.05) is 29.4 Å². The van der Waals surface area contributed by atoms with E-state index in [-0.39, 0.29) is 17.7 Å². The third-order valence-electron chi connectivity index (χ3n) is 3.86. The van der Waals surface area contributed by atoms with Crippen LogP contribution < -0.4 is 11.1 Å². The van der Waals surface area contributed by atoms with Gasteiger partial charge in [0.1, 0.15) is 11.6 Å². The van der Waals surface area contributed by atoms with E-state index in [1.54, 1.807) is 18.2 Å². The fourth-order valence-electron chi connectivity index (χ4n) is 2.58. The molecule has 2 rings (SSSR count). The molecule has 4 N–H and O–H groups in total. The number of anilines is 1. The topological polar surface area (TPSA) is 84.1 Å². The van der Waals surface area contributed by atoms with Gasteiger partial charge in [0.15, 0.2) is 5.82 Å². The molecule has 1 atom stereocenters. The second-order valence-corrected chi connectivity index (χ2v) is 7.52. The first kappa shape index (κ1) is 19.5. The van der Waals surface area contributed by atoms with Gasteiger partial charge >= 0.3 is 0 Å². The quantitative estimate of drug-likeness (QED) is 0.679. The maximum atomic E-state index is 10.1. The number of halogens is 1. The van der Waals surface area contributed by atoms with Crippen molar-refractivity contribution in [2.45, 2.75) is 46.1 Å². The van der Waals surface area contributed by atoms with E-state index in [1.165, 1.54) is 0 Å². The Morgan fingerprint density at radius 1 is 1.16 bits per heavy atom. The number of nitrogens with zero attached hydrogens (tertiary/aromatic N) is 2. The molecular weight excluding hydrogens is 336 g/mol. The summed E-state index contributed by atoms with van der Waals surface area (Å²) in [5, 5.41) is 14.0. The molecule has 0 unspecified atom stereocenters. The van der Waals surface area contributed by atoms with E-state index in [4.69, 9.17) is 17.3 Å². The highest BCUT2D eigenvalue weighted by Crippen LogP contribution is 2.31. The van der Waals surface area contributed by atoms with Crippen LogP contribution in [0, 0.1) is 5.92 Å². The molecule has 6 heteroatoms. The number of hydrogen-bond acceptors (Lipinski definition) is 5. The summed E-state index contributed by atoms with van der Waals surface area (Å²) in [7, 11) is 0. The molecule has 0 amide bonds. The van der Waals surface area contributed by atoms with Crippen LogP contribution in [0.25, 0.3) is 11.4 Å². The van der Waals surface area contributed by atoms with Crippen LogP contribution in [0.4, 0.5) is 5.82 Å². The molecule has 0 aliphatic heterocycles. The van der Waals surface area contributed by atoms with Crippen molar-refractivity contribution in [2.24, 2.45) is 11.7 Å². The van der Waals surface area contributed by atoms with E-state index in [1.807, 2.05) is 6.07 Å². The lowest BCUT2D eigenvalue weighted by Crippen LogP contribution is -2.30. The number of aromatic hydroxyl groups is 1. The minimum Gasteiger partial charge on any atom is -0.507 e. The molecule has 0 aliphatic carbocycles. The first-order chi connectivity index (χ1) is 11.8. The summed E-state index contributed by atoms with van der Waals surface area (Å²) in [6, 6.07) is 6.84. The standard InChI is InChI=1S/C19H27ClN4O/c1-11(2)7-14(21)10-22-18-9-16(12(3)4)23-19(24-18)15-8-13(20)5-6-17(15)25/h5-6,8-9,11-12,14,25H,7,10,21H2,1-4H3,(H,22,23,24)/t14-/m1/s1. The monoisotopic (exact) mass is 362 g/mol. The van der Waals surface area contributed by atoms with Crippen LogP contribution in [-0.4, -0.2) is 27.7 Å². The maximum absolute atomic E-state index is 10.1. The highest BCUT2D eigenvalue weighted by Gasteiger charge is 2.14. The van der Waals surface area contributed by atoms with Crippen molar-refractivity contribution >= 4 is 17.4 Å².